The number of ketones is 1. The van der Waals surface area contributed by atoms with Gasteiger partial charge in [-0.25, -0.2) is 4.79 Å². The number of ether oxygens (including phenoxy) is 3. The fraction of sp³-hybridized carbons (Fsp3) is 0.375. The van der Waals surface area contributed by atoms with Crippen LogP contribution in [0.2, 0.25) is 0 Å². The number of thiol groups is 1. The molecule has 0 aromatic heterocycles. The van der Waals surface area contributed by atoms with E-state index in [2.05, 4.69) is 17.9 Å². The average molecular weight is 476 g/mol. The van der Waals surface area contributed by atoms with Crippen LogP contribution in [0.25, 0.3) is 0 Å². The molecule has 2 N–H and O–H groups in total. The first kappa shape index (κ1) is 26.2. The van der Waals surface area contributed by atoms with Crippen molar-refractivity contribution < 1.29 is 33.7 Å². The Labute approximate surface area is 198 Å². The van der Waals surface area contributed by atoms with Crippen molar-refractivity contribution in [2.24, 2.45) is 5.92 Å². The van der Waals surface area contributed by atoms with Crippen molar-refractivity contribution >= 4 is 36.2 Å². The van der Waals surface area contributed by atoms with Gasteiger partial charge < -0.3 is 19.3 Å². The number of carbonyl (C=O) groups excluding carboxylic acids is 3. The SMILES string of the molecule is CC(=O)c1ccc(NC(=O)O[C@H](c2ccccc2OCCO)[C@@H](C)CCOC(=O)CS)cc1. The van der Waals surface area contributed by atoms with E-state index in [-0.39, 0.29) is 37.3 Å². The smallest absolute Gasteiger partial charge is 0.412 e. The minimum absolute atomic E-state index is 0.0169. The van der Waals surface area contributed by atoms with Gasteiger partial charge in [-0.05, 0) is 43.7 Å². The van der Waals surface area contributed by atoms with Gasteiger partial charge >= 0.3 is 12.1 Å². The van der Waals surface area contributed by atoms with Crippen LogP contribution in [0.1, 0.15) is 42.3 Å². The van der Waals surface area contributed by atoms with Crippen LogP contribution in [0.15, 0.2) is 48.5 Å². The Balaban J connectivity index is 2.18. The molecule has 0 saturated carbocycles. The predicted octanol–water partition coefficient (Wildman–Crippen LogP) is 4.05. The van der Waals surface area contributed by atoms with Crippen LogP contribution >= 0.6 is 12.6 Å². The molecule has 0 saturated heterocycles. The highest BCUT2D eigenvalue weighted by molar-refractivity contribution is 7.81. The molecule has 0 aliphatic heterocycles. The van der Waals surface area contributed by atoms with E-state index in [1.54, 1.807) is 48.5 Å². The van der Waals surface area contributed by atoms with Crippen LogP contribution in [-0.4, -0.2) is 48.5 Å². The zero-order valence-corrected chi connectivity index (χ0v) is 19.5. The lowest BCUT2D eigenvalue weighted by Crippen LogP contribution is -2.24. The van der Waals surface area contributed by atoms with E-state index < -0.39 is 18.2 Å². The third-order valence-corrected chi connectivity index (χ3v) is 5.09. The molecule has 0 aliphatic carbocycles. The number of aliphatic hydroxyl groups is 1. The summed E-state index contributed by atoms with van der Waals surface area (Å²) < 4.78 is 16.5. The molecule has 0 aliphatic rings. The topological polar surface area (TPSA) is 111 Å². The maximum Gasteiger partial charge on any atom is 0.412 e. The average Bonchev–Trinajstić information content (AvgIpc) is 2.81. The van der Waals surface area contributed by atoms with Gasteiger partial charge in [-0.3, -0.25) is 14.9 Å². The van der Waals surface area contributed by atoms with E-state index in [9.17, 15) is 14.4 Å². The minimum atomic E-state index is -0.717. The summed E-state index contributed by atoms with van der Waals surface area (Å²) in [4.78, 5) is 35.5. The van der Waals surface area contributed by atoms with Crippen LogP contribution in [0.5, 0.6) is 5.75 Å². The Hall–Kier alpha value is -3.04. The number of Topliss-reactive ketones (excluding diaryl/α,β-unsaturated/α-hetero) is 1. The van der Waals surface area contributed by atoms with Crippen molar-refractivity contribution in [1.82, 2.24) is 0 Å². The fourth-order valence-electron chi connectivity index (χ4n) is 3.10. The third kappa shape index (κ3) is 8.43. The molecule has 0 fully saturated rings. The van der Waals surface area contributed by atoms with Crippen LogP contribution < -0.4 is 10.1 Å². The second-order valence-electron chi connectivity index (χ2n) is 7.34. The molecule has 2 aromatic carbocycles. The van der Waals surface area contributed by atoms with E-state index in [0.29, 0.717) is 29.0 Å². The number of nitrogens with one attached hydrogen (secondary N) is 1. The molecule has 0 radical (unpaired) electrons. The number of para-hydroxylation sites is 1. The molecule has 178 valence electrons. The number of amides is 1. The molecule has 2 atom stereocenters. The summed E-state index contributed by atoms with van der Waals surface area (Å²) in [7, 11) is 0. The Kier molecular flexibility index (Phi) is 10.7. The predicted molar refractivity (Wildman–Crippen MR) is 127 cm³/mol. The molecule has 0 spiro atoms. The van der Waals surface area contributed by atoms with Crippen molar-refractivity contribution in [3.63, 3.8) is 0 Å². The van der Waals surface area contributed by atoms with E-state index in [1.165, 1.54) is 6.92 Å². The summed E-state index contributed by atoms with van der Waals surface area (Å²) >= 11 is 3.89. The van der Waals surface area contributed by atoms with Crippen molar-refractivity contribution in [2.45, 2.75) is 26.4 Å². The number of benzene rings is 2. The Morgan fingerprint density at radius 1 is 1.06 bits per heavy atom. The van der Waals surface area contributed by atoms with Crippen molar-refractivity contribution in [1.29, 1.82) is 0 Å². The summed E-state index contributed by atoms with van der Waals surface area (Å²) in [6.07, 6.45) is -0.975. The maximum absolute atomic E-state index is 12.7. The number of hydrogen-bond acceptors (Lipinski definition) is 8. The Morgan fingerprint density at radius 2 is 1.76 bits per heavy atom. The van der Waals surface area contributed by atoms with E-state index >= 15 is 0 Å². The van der Waals surface area contributed by atoms with Gasteiger partial charge in [0.2, 0.25) is 0 Å². The Bertz CT molecular complexity index is 933. The zero-order valence-electron chi connectivity index (χ0n) is 18.7. The van der Waals surface area contributed by atoms with Crippen molar-refractivity contribution in [3.8, 4) is 5.75 Å². The number of aliphatic hydroxyl groups excluding tert-OH is 1. The molecule has 33 heavy (non-hydrogen) atoms. The van der Waals surface area contributed by atoms with Crippen LogP contribution in [-0.2, 0) is 14.3 Å². The molecule has 1 amide bonds. The fourth-order valence-corrected chi connectivity index (χ4v) is 3.19. The monoisotopic (exact) mass is 475 g/mol. The highest BCUT2D eigenvalue weighted by atomic mass is 32.1. The zero-order chi connectivity index (χ0) is 24.2. The molecule has 0 heterocycles. The summed E-state index contributed by atoms with van der Waals surface area (Å²) in [5.74, 6) is -0.272. The van der Waals surface area contributed by atoms with Crippen molar-refractivity contribution in [2.75, 3.05) is 30.9 Å². The van der Waals surface area contributed by atoms with Gasteiger partial charge in [-0.1, -0.05) is 25.1 Å². The van der Waals surface area contributed by atoms with Gasteiger partial charge in [0.25, 0.3) is 0 Å². The number of carbonyl (C=O) groups is 3. The lowest BCUT2D eigenvalue weighted by atomic mass is 9.94. The lowest BCUT2D eigenvalue weighted by Gasteiger charge is -2.26. The second-order valence-corrected chi connectivity index (χ2v) is 7.66. The summed E-state index contributed by atoms with van der Waals surface area (Å²) in [6.45, 7) is 3.41. The van der Waals surface area contributed by atoms with Gasteiger partial charge in [0.1, 0.15) is 18.5 Å². The lowest BCUT2D eigenvalue weighted by molar-refractivity contribution is -0.141. The molecular formula is C24H29NO7S. The largest absolute Gasteiger partial charge is 0.491 e. The molecule has 2 aromatic rings. The number of rotatable bonds is 12. The first-order chi connectivity index (χ1) is 15.8. The standard InChI is InChI=1S/C24H29NO7S/c1-16(11-13-31-22(28)15-33)23(20-5-3-4-6-21(20)30-14-12-26)32-24(29)25-19-9-7-18(8-10-19)17(2)27/h3-10,16,23,26,33H,11-15H2,1-2H3,(H,25,29)/t16-,23-/m0/s1. The number of esters is 1. The van der Waals surface area contributed by atoms with Crippen LogP contribution in [0, 0.1) is 5.92 Å². The molecule has 8 nitrogen and oxygen atoms in total. The normalized spacial score (nSPS) is 12.4. The van der Waals surface area contributed by atoms with E-state index in [1.807, 2.05) is 6.92 Å². The second kappa shape index (κ2) is 13.5. The minimum Gasteiger partial charge on any atom is -0.491 e. The van der Waals surface area contributed by atoms with E-state index in [0.717, 1.165) is 0 Å². The van der Waals surface area contributed by atoms with Gasteiger partial charge in [-0.15, -0.1) is 0 Å². The van der Waals surface area contributed by atoms with Crippen LogP contribution in [0.3, 0.4) is 0 Å². The number of hydrogen-bond donors (Lipinski definition) is 3. The van der Waals surface area contributed by atoms with Gasteiger partial charge in [0, 0.05) is 22.7 Å². The van der Waals surface area contributed by atoms with Gasteiger partial charge in [0.15, 0.2) is 5.78 Å². The molecule has 0 bridgehead atoms. The highest BCUT2D eigenvalue weighted by Gasteiger charge is 2.27. The van der Waals surface area contributed by atoms with E-state index in [4.69, 9.17) is 19.3 Å². The summed E-state index contributed by atoms with van der Waals surface area (Å²) in [6, 6.07) is 13.6. The Morgan fingerprint density at radius 3 is 2.39 bits per heavy atom. The van der Waals surface area contributed by atoms with Gasteiger partial charge in [-0.2, -0.15) is 12.6 Å². The first-order valence-corrected chi connectivity index (χ1v) is 11.2. The third-order valence-electron chi connectivity index (χ3n) is 4.83. The van der Waals surface area contributed by atoms with Gasteiger partial charge in [0.05, 0.1) is 19.0 Å². The van der Waals surface area contributed by atoms with Crippen LogP contribution in [0.4, 0.5) is 10.5 Å². The number of anilines is 1. The van der Waals surface area contributed by atoms with Crippen molar-refractivity contribution in [3.05, 3.63) is 59.7 Å². The summed E-state index contributed by atoms with van der Waals surface area (Å²) in [5, 5.41) is 11.8. The molecule has 9 heteroatoms. The molecule has 0 unspecified atom stereocenters. The first-order valence-electron chi connectivity index (χ1n) is 10.5. The highest BCUT2D eigenvalue weighted by Crippen LogP contribution is 2.35. The quantitative estimate of drug-likeness (QED) is 0.241. The molecule has 2 rings (SSSR count). The summed E-state index contributed by atoms with van der Waals surface area (Å²) in [5.41, 5.74) is 1.64. The maximum atomic E-state index is 12.7. The molecular weight excluding hydrogens is 446 g/mol.